The Bertz CT molecular complexity index is 1280. The number of rotatable bonds is 3. The number of benzene rings is 2. The van der Waals surface area contributed by atoms with Gasteiger partial charge in [0, 0.05) is 62.5 Å². The zero-order chi connectivity index (χ0) is 22.7. The van der Waals surface area contributed by atoms with Crippen molar-refractivity contribution in [3.8, 4) is 11.3 Å². The third kappa shape index (κ3) is 3.36. The summed E-state index contributed by atoms with van der Waals surface area (Å²) in [4.78, 5) is 33.8. The number of ketones is 2. The Morgan fingerprint density at radius 2 is 1.61 bits per heavy atom. The minimum atomic E-state index is -0.414. The summed E-state index contributed by atoms with van der Waals surface area (Å²) in [5, 5.41) is 1.84. The van der Waals surface area contributed by atoms with E-state index in [-0.39, 0.29) is 0 Å². The van der Waals surface area contributed by atoms with Crippen molar-refractivity contribution in [2.75, 3.05) is 52.9 Å². The number of aryl methyl sites for hydroxylation is 1. The van der Waals surface area contributed by atoms with Crippen molar-refractivity contribution in [1.82, 2.24) is 14.7 Å². The molecule has 0 radical (unpaired) electrons. The van der Waals surface area contributed by atoms with Crippen LogP contribution < -0.4 is 0 Å². The fourth-order valence-corrected chi connectivity index (χ4v) is 5.61. The van der Waals surface area contributed by atoms with Gasteiger partial charge in [0.25, 0.3) is 0 Å². The Morgan fingerprint density at radius 1 is 0.848 bits per heavy atom. The highest BCUT2D eigenvalue weighted by Crippen LogP contribution is 2.43. The van der Waals surface area contributed by atoms with Crippen LogP contribution in [0.2, 0.25) is 0 Å². The van der Waals surface area contributed by atoms with Crippen molar-refractivity contribution < 1.29 is 14.0 Å². The molecule has 2 aliphatic heterocycles. The first-order chi connectivity index (χ1) is 16.0. The van der Waals surface area contributed by atoms with E-state index in [2.05, 4.69) is 21.7 Å². The molecule has 3 heterocycles. The quantitative estimate of drug-likeness (QED) is 0.579. The molecule has 170 valence electrons. The van der Waals surface area contributed by atoms with Crippen LogP contribution in [-0.4, -0.2) is 79.1 Å². The summed E-state index contributed by atoms with van der Waals surface area (Å²) in [6.07, 6.45) is 0.748. The topological polar surface area (TPSA) is 57.0 Å². The molecule has 0 bridgehead atoms. The number of piperazine rings is 1. The van der Waals surface area contributed by atoms with E-state index in [1.165, 1.54) is 0 Å². The maximum atomic E-state index is 13.2. The van der Waals surface area contributed by atoms with Gasteiger partial charge in [0.15, 0.2) is 0 Å². The first-order valence-corrected chi connectivity index (χ1v) is 11.9. The number of fused-ring (bicyclic) bond motifs is 7. The first-order valence-electron chi connectivity index (χ1n) is 11.9. The minimum Gasteiger partial charge on any atom is -0.459 e. The summed E-state index contributed by atoms with van der Waals surface area (Å²) in [7, 11) is 2.18. The summed E-state index contributed by atoms with van der Waals surface area (Å²) in [6, 6.07) is 9.89. The molecular weight excluding hydrogens is 414 g/mol. The smallest absolute Gasteiger partial charge is 0.237 e. The SMILES string of the molecule is Cc1cccc2c3c(ccc12)-c1oc2c(c1C(=O)C3=O)CCN(CCN1CCN(C)CC1)C2. The minimum absolute atomic E-state index is 0.408. The van der Waals surface area contributed by atoms with Crippen molar-refractivity contribution in [3.05, 3.63) is 58.3 Å². The second kappa shape index (κ2) is 7.90. The van der Waals surface area contributed by atoms with E-state index in [0.717, 1.165) is 85.5 Å². The third-order valence-electron chi connectivity index (χ3n) is 7.65. The predicted octanol–water partition coefficient (Wildman–Crippen LogP) is 3.39. The molecule has 1 aromatic heterocycles. The number of nitrogens with zero attached hydrogens (tertiary/aromatic N) is 3. The van der Waals surface area contributed by atoms with Crippen LogP contribution in [0.1, 0.15) is 37.6 Å². The molecule has 6 rings (SSSR count). The Labute approximate surface area is 193 Å². The van der Waals surface area contributed by atoms with Gasteiger partial charge < -0.3 is 9.32 Å². The fraction of sp³-hybridized carbons (Fsp3) is 0.407. The number of hydrogen-bond donors (Lipinski definition) is 0. The highest BCUT2D eigenvalue weighted by atomic mass is 16.3. The summed E-state index contributed by atoms with van der Waals surface area (Å²) in [6.45, 7) is 10.1. The van der Waals surface area contributed by atoms with Crippen LogP contribution in [0.4, 0.5) is 0 Å². The summed E-state index contributed by atoms with van der Waals surface area (Å²) in [5.74, 6) is 0.615. The van der Waals surface area contributed by atoms with E-state index in [4.69, 9.17) is 4.42 Å². The molecule has 0 N–H and O–H groups in total. The highest BCUT2D eigenvalue weighted by Gasteiger charge is 2.39. The number of furan rings is 1. The van der Waals surface area contributed by atoms with Gasteiger partial charge in [-0.05, 0) is 42.8 Å². The third-order valence-corrected chi connectivity index (χ3v) is 7.65. The average Bonchev–Trinajstić information content (AvgIpc) is 3.21. The molecule has 0 amide bonds. The van der Waals surface area contributed by atoms with Crippen molar-refractivity contribution in [2.24, 2.45) is 0 Å². The lowest BCUT2D eigenvalue weighted by Crippen LogP contribution is -2.47. The van der Waals surface area contributed by atoms with E-state index < -0.39 is 11.6 Å². The number of carbonyl (C=O) groups is 2. The molecule has 1 fully saturated rings. The molecule has 1 saturated heterocycles. The Morgan fingerprint density at radius 3 is 2.42 bits per heavy atom. The average molecular weight is 444 g/mol. The van der Waals surface area contributed by atoms with Gasteiger partial charge in [0.2, 0.25) is 11.6 Å². The van der Waals surface area contributed by atoms with Crippen molar-refractivity contribution in [3.63, 3.8) is 0 Å². The number of hydrogen-bond acceptors (Lipinski definition) is 6. The van der Waals surface area contributed by atoms with Gasteiger partial charge in [0.05, 0.1) is 12.1 Å². The van der Waals surface area contributed by atoms with E-state index in [0.29, 0.717) is 23.4 Å². The van der Waals surface area contributed by atoms with Crippen LogP contribution in [0.3, 0.4) is 0 Å². The zero-order valence-electron chi connectivity index (χ0n) is 19.3. The van der Waals surface area contributed by atoms with E-state index in [1.807, 2.05) is 37.3 Å². The monoisotopic (exact) mass is 443 g/mol. The molecule has 2 aromatic carbocycles. The van der Waals surface area contributed by atoms with E-state index >= 15 is 0 Å². The van der Waals surface area contributed by atoms with Crippen LogP contribution in [0.25, 0.3) is 22.1 Å². The Balaban J connectivity index is 1.31. The van der Waals surface area contributed by atoms with Crippen LogP contribution in [0.15, 0.2) is 34.7 Å². The van der Waals surface area contributed by atoms with Crippen LogP contribution in [-0.2, 0) is 13.0 Å². The summed E-state index contributed by atoms with van der Waals surface area (Å²) in [5.41, 5.74) is 3.79. The number of carbonyl (C=O) groups excluding carboxylic acids is 2. The second-order valence-corrected chi connectivity index (χ2v) is 9.70. The first kappa shape index (κ1) is 20.8. The molecule has 0 saturated carbocycles. The molecule has 3 aliphatic rings. The van der Waals surface area contributed by atoms with Gasteiger partial charge in [-0.25, -0.2) is 0 Å². The number of likely N-dealkylation sites (N-methyl/N-ethyl adjacent to an activating group) is 1. The van der Waals surface area contributed by atoms with Crippen LogP contribution in [0, 0.1) is 6.92 Å². The van der Waals surface area contributed by atoms with Crippen molar-refractivity contribution in [1.29, 1.82) is 0 Å². The lowest BCUT2D eigenvalue weighted by molar-refractivity contribution is 0.0815. The standard InChI is InChI=1S/C27H29N3O3/c1-17-4-3-5-19-18(17)6-7-21-23(19)25(31)26(32)24-20-8-9-30(16-22(20)33-27(21)24)15-14-29-12-10-28(2)11-13-29/h3-7H,8-16H2,1-2H3. The molecular formula is C27H29N3O3. The van der Waals surface area contributed by atoms with Crippen molar-refractivity contribution >= 4 is 22.3 Å². The normalized spacial score (nSPS) is 19.6. The molecule has 0 unspecified atom stereocenters. The lowest BCUT2D eigenvalue weighted by Gasteiger charge is -2.34. The van der Waals surface area contributed by atoms with Crippen LogP contribution in [0.5, 0.6) is 0 Å². The number of Topliss-reactive ketones (excluding diaryl/α,β-unsaturated/α-hetero) is 2. The lowest BCUT2D eigenvalue weighted by atomic mass is 9.82. The maximum Gasteiger partial charge on any atom is 0.237 e. The largest absolute Gasteiger partial charge is 0.459 e. The maximum absolute atomic E-state index is 13.2. The van der Waals surface area contributed by atoms with Gasteiger partial charge in [-0.2, -0.15) is 0 Å². The van der Waals surface area contributed by atoms with E-state index in [9.17, 15) is 9.59 Å². The molecule has 0 atom stereocenters. The summed E-state index contributed by atoms with van der Waals surface area (Å²) >= 11 is 0. The molecule has 6 heteroatoms. The van der Waals surface area contributed by atoms with Gasteiger partial charge in [0.1, 0.15) is 11.5 Å². The second-order valence-electron chi connectivity index (χ2n) is 9.70. The molecule has 1 aliphatic carbocycles. The molecule has 0 spiro atoms. The van der Waals surface area contributed by atoms with Crippen molar-refractivity contribution in [2.45, 2.75) is 19.9 Å². The van der Waals surface area contributed by atoms with Crippen LogP contribution >= 0.6 is 0 Å². The van der Waals surface area contributed by atoms with Gasteiger partial charge in [-0.15, -0.1) is 0 Å². The molecule has 33 heavy (non-hydrogen) atoms. The van der Waals surface area contributed by atoms with Gasteiger partial charge in [-0.1, -0.05) is 24.3 Å². The summed E-state index contributed by atoms with van der Waals surface area (Å²) < 4.78 is 6.35. The van der Waals surface area contributed by atoms with Gasteiger partial charge in [-0.3, -0.25) is 19.4 Å². The Kier molecular flexibility index (Phi) is 4.98. The van der Waals surface area contributed by atoms with E-state index in [1.54, 1.807) is 0 Å². The Hall–Kier alpha value is -2.80. The highest BCUT2D eigenvalue weighted by molar-refractivity contribution is 6.54. The molecule has 6 nitrogen and oxygen atoms in total. The predicted molar refractivity (Wildman–Crippen MR) is 128 cm³/mol. The molecule has 3 aromatic rings. The van der Waals surface area contributed by atoms with Gasteiger partial charge >= 0.3 is 0 Å². The zero-order valence-corrected chi connectivity index (χ0v) is 19.3. The fourth-order valence-electron chi connectivity index (χ4n) is 5.61.